The van der Waals surface area contributed by atoms with E-state index in [1.165, 1.54) is 0 Å². The van der Waals surface area contributed by atoms with Gasteiger partial charge >= 0.3 is 0 Å². The van der Waals surface area contributed by atoms with Crippen LogP contribution in [0.4, 0.5) is 0 Å². The van der Waals surface area contributed by atoms with Gasteiger partial charge in [0.05, 0.1) is 11.6 Å². The second-order valence-corrected chi connectivity index (χ2v) is 4.63. The number of hydrogen-bond donors (Lipinski definition) is 1. The van der Waals surface area contributed by atoms with Crippen LogP contribution >= 0.6 is 15.9 Å². The molecule has 0 saturated heterocycles. The van der Waals surface area contributed by atoms with E-state index in [1.807, 2.05) is 0 Å². The summed E-state index contributed by atoms with van der Waals surface area (Å²) in [6, 6.07) is 5.19. The molecule has 1 aromatic carbocycles. The zero-order valence-electron chi connectivity index (χ0n) is 9.41. The Balaban J connectivity index is 2.91. The maximum Gasteiger partial charge on any atom is 0.261 e. The molecule has 1 rings (SSSR count). The first-order valence-electron chi connectivity index (χ1n) is 4.69. The molecule has 2 N–H and O–H groups in total. The Morgan fingerprint density at radius 1 is 1.44 bits per heavy atom. The smallest absolute Gasteiger partial charge is 0.261 e. The van der Waals surface area contributed by atoms with Crippen molar-refractivity contribution in [2.75, 3.05) is 7.11 Å². The summed E-state index contributed by atoms with van der Waals surface area (Å²) in [5, 5.41) is 0. The van der Waals surface area contributed by atoms with Gasteiger partial charge < -0.3 is 15.2 Å². The molecule has 0 unspecified atom stereocenters. The molecule has 16 heavy (non-hydrogen) atoms. The summed E-state index contributed by atoms with van der Waals surface area (Å²) in [4.78, 5) is 11.1. The van der Waals surface area contributed by atoms with Gasteiger partial charge in [0.25, 0.3) is 5.91 Å². The van der Waals surface area contributed by atoms with Crippen LogP contribution in [0.15, 0.2) is 22.7 Å². The molecule has 0 bridgehead atoms. The van der Waals surface area contributed by atoms with Crippen molar-refractivity contribution in [2.45, 2.75) is 19.4 Å². The first-order chi connectivity index (χ1) is 7.36. The average Bonchev–Trinajstić information content (AvgIpc) is 2.17. The second kappa shape index (κ2) is 4.74. The number of benzene rings is 1. The van der Waals surface area contributed by atoms with Crippen molar-refractivity contribution >= 4 is 21.8 Å². The maximum absolute atomic E-state index is 11.1. The third kappa shape index (κ3) is 2.88. The summed E-state index contributed by atoms with van der Waals surface area (Å²) < 4.78 is 11.3. The molecule has 0 aromatic heterocycles. The molecular formula is C11H14BrNO3. The Morgan fingerprint density at radius 3 is 2.50 bits per heavy atom. The van der Waals surface area contributed by atoms with Crippen molar-refractivity contribution in [3.8, 4) is 11.5 Å². The van der Waals surface area contributed by atoms with Crippen molar-refractivity contribution in [1.29, 1.82) is 0 Å². The Labute approximate surface area is 103 Å². The minimum atomic E-state index is -1.03. The summed E-state index contributed by atoms with van der Waals surface area (Å²) >= 11 is 3.33. The van der Waals surface area contributed by atoms with Crippen molar-refractivity contribution in [2.24, 2.45) is 5.73 Å². The Kier molecular flexibility index (Phi) is 3.80. The lowest BCUT2D eigenvalue weighted by molar-refractivity contribution is -0.130. The van der Waals surface area contributed by atoms with Crippen LogP contribution in [-0.2, 0) is 4.79 Å². The quantitative estimate of drug-likeness (QED) is 0.923. The molecule has 1 amide bonds. The molecule has 0 atom stereocenters. The summed E-state index contributed by atoms with van der Waals surface area (Å²) in [6.07, 6.45) is 0. The van der Waals surface area contributed by atoms with Gasteiger partial charge in [0, 0.05) is 0 Å². The fourth-order valence-corrected chi connectivity index (χ4v) is 1.58. The van der Waals surface area contributed by atoms with E-state index < -0.39 is 11.5 Å². The monoisotopic (exact) mass is 287 g/mol. The Bertz CT molecular complexity index is 404. The average molecular weight is 288 g/mol. The molecule has 0 spiro atoms. The Morgan fingerprint density at radius 2 is 2.06 bits per heavy atom. The number of carbonyl (C=O) groups excluding carboxylic acids is 1. The van der Waals surface area contributed by atoms with E-state index in [-0.39, 0.29) is 0 Å². The standard InChI is InChI=1S/C11H14BrNO3/c1-11(2,10(13)14)16-7-4-5-9(15-3)8(12)6-7/h4-6H,1-3H3,(H2,13,14). The first kappa shape index (κ1) is 12.8. The molecule has 0 fully saturated rings. The molecular weight excluding hydrogens is 274 g/mol. The number of ether oxygens (including phenoxy) is 2. The van der Waals surface area contributed by atoms with Gasteiger partial charge in [0.2, 0.25) is 0 Å². The zero-order chi connectivity index (χ0) is 12.3. The number of nitrogens with two attached hydrogens (primary N) is 1. The van der Waals surface area contributed by atoms with Crippen molar-refractivity contribution in [3.05, 3.63) is 22.7 Å². The number of methoxy groups -OCH3 is 1. The minimum Gasteiger partial charge on any atom is -0.496 e. The van der Waals surface area contributed by atoms with E-state index in [9.17, 15) is 4.79 Å². The fraction of sp³-hybridized carbons (Fsp3) is 0.364. The first-order valence-corrected chi connectivity index (χ1v) is 5.48. The molecule has 88 valence electrons. The third-order valence-corrected chi connectivity index (χ3v) is 2.71. The predicted molar refractivity (Wildman–Crippen MR) is 64.6 cm³/mol. The van der Waals surface area contributed by atoms with Crippen LogP contribution < -0.4 is 15.2 Å². The van der Waals surface area contributed by atoms with Gasteiger partial charge in [-0.25, -0.2) is 0 Å². The minimum absolute atomic E-state index is 0.514. The number of hydrogen-bond acceptors (Lipinski definition) is 3. The number of rotatable bonds is 4. The molecule has 0 aliphatic rings. The van der Waals surface area contributed by atoms with Gasteiger partial charge in [-0.05, 0) is 48.0 Å². The summed E-state index contributed by atoms with van der Waals surface area (Å²) in [6.45, 7) is 3.24. The molecule has 0 aliphatic carbocycles. The van der Waals surface area contributed by atoms with E-state index in [0.717, 1.165) is 4.47 Å². The van der Waals surface area contributed by atoms with E-state index in [4.69, 9.17) is 15.2 Å². The molecule has 5 heteroatoms. The van der Waals surface area contributed by atoms with E-state index in [1.54, 1.807) is 39.2 Å². The zero-order valence-corrected chi connectivity index (χ0v) is 11.0. The van der Waals surface area contributed by atoms with Crippen LogP contribution in [0.25, 0.3) is 0 Å². The molecule has 0 saturated carbocycles. The summed E-state index contributed by atoms with van der Waals surface area (Å²) in [7, 11) is 1.58. The molecule has 0 radical (unpaired) electrons. The van der Waals surface area contributed by atoms with Crippen LogP contribution in [0, 0.1) is 0 Å². The fourth-order valence-electron chi connectivity index (χ4n) is 1.06. The van der Waals surface area contributed by atoms with Crippen LogP contribution in [0.1, 0.15) is 13.8 Å². The van der Waals surface area contributed by atoms with Crippen LogP contribution in [-0.4, -0.2) is 18.6 Å². The van der Waals surface area contributed by atoms with E-state index in [2.05, 4.69) is 15.9 Å². The maximum atomic E-state index is 11.1. The van der Waals surface area contributed by atoms with Gasteiger partial charge in [0.15, 0.2) is 5.60 Å². The third-order valence-electron chi connectivity index (χ3n) is 2.09. The summed E-state index contributed by atoms with van der Waals surface area (Å²) in [5.41, 5.74) is 4.18. The van der Waals surface area contributed by atoms with Gasteiger partial charge in [-0.3, -0.25) is 4.79 Å². The molecule has 1 aromatic rings. The number of carbonyl (C=O) groups is 1. The summed E-state index contributed by atoms with van der Waals surface area (Å²) in [5.74, 6) is 0.736. The topological polar surface area (TPSA) is 61.6 Å². The Hall–Kier alpha value is -1.23. The lowest BCUT2D eigenvalue weighted by atomic mass is 10.1. The molecule has 0 aliphatic heterocycles. The lowest BCUT2D eigenvalue weighted by Gasteiger charge is -2.22. The lowest BCUT2D eigenvalue weighted by Crippen LogP contribution is -2.43. The van der Waals surface area contributed by atoms with Crippen molar-refractivity contribution in [1.82, 2.24) is 0 Å². The van der Waals surface area contributed by atoms with Gasteiger partial charge in [0.1, 0.15) is 11.5 Å². The van der Waals surface area contributed by atoms with Crippen LogP contribution in [0.2, 0.25) is 0 Å². The van der Waals surface area contributed by atoms with E-state index in [0.29, 0.717) is 11.5 Å². The van der Waals surface area contributed by atoms with Gasteiger partial charge in [-0.1, -0.05) is 0 Å². The van der Waals surface area contributed by atoms with Gasteiger partial charge in [-0.2, -0.15) is 0 Å². The second-order valence-electron chi connectivity index (χ2n) is 3.77. The van der Waals surface area contributed by atoms with Crippen LogP contribution in [0.5, 0.6) is 11.5 Å². The predicted octanol–water partition coefficient (Wildman–Crippen LogP) is 2.10. The van der Waals surface area contributed by atoms with Crippen molar-refractivity contribution < 1.29 is 14.3 Å². The number of primary amides is 1. The van der Waals surface area contributed by atoms with E-state index >= 15 is 0 Å². The van der Waals surface area contributed by atoms with Gasteiger partial charge in [-0.15, -0.1) is 0 Å². The highest BCUT2D eigenvalue weighted by Crippen LogP contribution is 2.30. The highest BCUT2D eigenvalue weighted by atomic mass is 79.9. The highest BCUT2D eigenvalue weighted by Gasteiger charge is 2.27. The molecule has 0 heterocycles. The number of halogens is 1. The van der Waals surface area contributed by atoms with Crippen LogP contribution in [0.3, 0.4) is 0 Å². The normalized spacial score (nSPS) is 11.0. The largest absolute Gasteiger partial charge is 0.496 e. The number of amides is 1. The SMILES string of the molecule is COc1ccc(OC(C)(C)C(N)=O)cc1Br. The van der Waals surface area contributed by atoms with Crippen molar-refractivity contribution in [3.63, 3.8) is 0 Å². The molecule has 4 nitrogen and oxygen atoms in total. The highest BCUT2D eigenvalue weighted by molar-refractivity contribution is 9.10.